The van der Waals surface area contributed by atoms with E-state index in [1.165, 1.54) is 6.26 Å². The van der Waals surface area contributed by atoms with Crippen molar-refractivity contribution in [1.29, 1.82) is 0 Å². The molecule has 0 aromatic carbocycles. The van der Waals surface area contributed by atoms with Crippen LogP contribution in [0, 0.1) is 11.3 Å². The first-order valence-corrected chi connectivity index (χ1v) is 13.0. The van der Waals surface area contributed by atoms with E-state index in [-0.39, 0.29) is 41.4 Å². The fourth-order valence-electron chi connectivity index (χ4n) is 5.46. The molecule has 0 bridgehead atoms. The van der Waals surface area contributed by atoms with E-state index in [1.807, 2.05) is 22.4 Å². The molecule has 4 amide bonds. The lowest BCUT2D eigenvalue weighted by Crippen LogP contribution is -2.48. The summed E-state index contributed by atoms with van der Waals surface area (Å²) in [6.07, 6.45) is 4.31. The van der Waals surface area contributed by atoms with E-state index in [0.717, 1.165) is 24.1 Å². The number of hydrogen-bond donors (Lipinski definition) is 1. The molecular formula is C25H30N4O5S. The third kappa shape index (κ3) is 5.12. The summed E-state index contributed by atoms with van der Waals surface area (Å²) < 4.78 is 5.05. The molecule has 5 heterocycles. The maximum Gasteiger partial charge on any atom is 0.287 e. The number of furan rings is 1. The van der Waals surface area contributed by atoms with Crippen LogP contribution in [-0.2, 0) is 20.9 Å². The third-order valence-electron chi connectivity index (χ3n) is 7.56. The zero-order chi connectivity index (χ0) is 24.4. The van der Waals surface area contributed by atoms with Crippen LogP contribution in [0.2, 0.25) is 0 Å². The van der Waals surface area contributed by atoms with Gasteiger partial charge in [0.15, 0.2) is 5.76 Å². The number of carbonyl (C=O) groups is 4. The SMILES string of the molecule is O=C(NCC(=O)N1CCC2(CC1)CCN(C(=O)C1CC(=O)N(Cc3cccs3)C1)C2)c1ccco1. The molecule has 0 saturated carbocycles. The zero-order valence-electron chi connectivity index (χ0n) is 19.6. The maximum atomic E-state index is 13.2. The molecule has 1 N–H and O–H groups in total. The number of amides is 4. The van der Waals surface area contributed by atoms with Gasteiger partial charge >= 0.3 is 0 Å². The summed E-state index contributed by atoms with van der Waals surface area (Å²) in [4.78, 5) is 56.9. The maximum absolute atomic E-state index is 13.2. The van der Waals surface area contributed by atoms with Crippen molar-refractivity contribution in [2.45, 2.75) is 32.2 Å². The lowest BCUT2D eigenvalue weighted by molar-refractivity contribution is -0.136. The molecule has 1 unspecified atom stereocenters. The molecule has 3 fully saturated rings. The molecule has 3 aliphatic rings. The van der Waals surface area contributed by atoms with Crippen LogP contribution in [0.3, 0.4) is 0 Å². The number of likely N-dealkylation sites (tertiary alicyclic amines) is 3. The highest BCUT2D eigenvalue weighted by atomic mass is 32.1. The fraction of sp³-hybridized carbons (Fsp3) is 0.520. The Hall–Kier alpha value is -3.14. The first kappa shape index (κ1) is 23.6. The van der Waals surface area contributed by atoms with Gasteiger partial charge in [-0.25, -0.2) is 0 Å². The standard InChI is InChI=1S/C25H30N4O5S/c30-21-13-18(15-29(21)16-19-3-2-12-35-19)24(33)28-10-7-25(17-28)5-8-27(9-6-25)22(31)14-26-23(32)20-4-1-11-34-20/h1-4,11-12,18H,5-10,13-17H2,(H,26,32). The minimum Gasteiger partial charge on any atom is -0.459 e. The second kappa shape index (κ2) is 9.85. The Morgan fingerprint density at radius 3 is 2.54 bits per heavy atom. The molecule has 1 atom stereocenters. The molecule has 10 heteroatoms. The normalized spacial score (nSPS) is 21.7. The van der Waals surface area contributed by atoms with E-state index in [9.17, 15) is 19.2 Å². The molecule has 2 aromatic rings. The Morgan fingerprint density at radius 2 is 1.86 bits per heavy atom. The monoisotopic (exact) mass is 498 g/mol. The van der Waals surface area contributed by atoms with E-state index < -0.39 is 5.91 Å². The molecule has 3 aliphatic heterocycles. The van der Waals surface area contributed by atoms with Crippen molar-refractivity contribution in [2.24, 2.45) is 11.3 Å². The minimum absolute atomic E-state index is 0.0309. The highest BCUT2D eigenvalue weighted by Crippen LogP contribution is 2.41. The van der Waals surface area contributed by atoms with Gasteiger partial charge in [0.25, 0.3) is 5.91 Å². The van der Waals surface area contributed by atoms with E-state index in [2.05, 4.69) is 5.32 Å². The van der Waals surface area contributed by atoms with Gasteiger partial charge in [-0.1, -0.05) is 6.07 Å². The molecule has 0 aliphatic carbocycles. The Labute approximate surface area is 208 Å². The van der Waals surface area contributed by atoms with Gasteiger partial charge in [-0.15, -0.1) is 11.3 Å². The summed E-state index contributed by atoms with van der Waals surface area (Å²) in [5, 5.41) is 4.61. The van der Waals surface area contributed by atoms with Gasteiger partial charge in [0.1, 0.15) is 0 Å². The summed E-state index contributed by atoms with van der Waals surface area (Å²) in [5.74, 6) is -0.455. The van der Waals surface area contributed by atoms with Crippen LogP contribution in [0.5, 0.6) is 0 Å². The molecule has 0 radical (unpaired) electrons. The van der Waals surface area contributed by atoms with Crippen molar-refractivity contribution in [3.8, 4) is 0 Å². The highest BCUT2D eigenvalue weighted by molar-refractivity contribution is 7.09. The van der Waals surface area contributed by atoms with Gasteiger partial charge in [-0.2, -0.15) is 0 Å². The fourth-order valence-corrected chi connectivity index (χ4v) is 6.18. The summed E-state index contributed by atoms with van der Waals surface area (Å²) in [7, 11) is 0. The molecule has 5 rings (SSSR count). The molecule has 1 spiro atoms. The zero-order valence-corrected chi connectivity index (χ0v) is 20.4. The number of nitrogens with zero attached hydrogens (tertiary/aromatic N) is 3. The van der Waals surface area contributed by atoms with Crippen molar-refractivity contribution in [2.75, 3.05) is 39.3 Å². The van der Waals surface area contributed by atoms with Crippen LogP contribution < -0.4 is 5.32 Å². The lowest BCUT2D eigenvalue weighted by Gasteiger charge is -2.39. The molecule has 9 nitrogen and oxygen atoms in total. The Balaban J connectivity index is 1.08. The van der Waals surface area contributed by atoms with E-state index in [0.29, 0.717) is 45.7 Å². The van der Waals surface area contributed by atoms with Gasteiger partial charge in [-0.3, -0.25) is 19.2 Å². The van der Waals surface area contributed by atoms with Crippen LogP contribution in [0.4, 0.5) is 0 Å². The lowest BCUT2D eigenvalue weighted by atomic mass is 9.77. The molecule has 3 saturated heterocycles. The van der Waals surface area contributed by atoms with Gasteiger partial charge in [0, 0.05) is 44.0 Å². The van der Waals surface area contributed by atoms with Gasteiger partial charge in [0.05, 0.1) is 25.3 Å². The van der Waals surface area contributed by atoms with Crippen LogP contribution >= 0.6 is 11.3 Å². The van der Waals surface area contributed by atoms with Crippen LogP contribution in [0.15, 0.2) is 40.3 Å². The predicted octanol–water partition coefficient (Wildman–Crippen LogP) is 1.96. The topological polar surface area (TPSA) is 103 Å². The second-order valence-corrected chi connectivity index (χ2v) is 10.8. The van der Waals surface area contributed by atoms with E-state index in [4.69, 9.17) is 4.42 Å². The Bertz CT molecular complexity index is 1080. The van der Waals surface area contributed by atoms with Gasteiger partial charge in [-0.05, 0) is 48.3 Å². The van der Waals surface area contributed by atoms with Crippen molar-refractivity contribution in [3.63, 3.8) is 0 Å². The number of nitrogens with one attached hydrogen (secondary N) is 1. The Morgan fingerprint density at radius 1 is 1.09 bits per heavy atom. The summed E-state index contributed by atoms with van der Waals surface area (Å²) in [6.45, 7) is 3.65. The van der Waals surface area contributed by atoms with Crippen molar-refractivity contribution in [3.05, 3.63) is 46.5 Å². The number of thiophene rings is 1. The smallest absolute Gasteiger partial charge is 0.287 e. The average molecular weight is 499 g/mol. The number of carbonyl (C=O) groups excluding carboxylic acids is 4. The van der Waals surface area contributed by atoms with E-state index in [1.54, 1.807) is 33.3 Å². The minimum atomic E-state index is -0.402. The first-order chi connectivity index (χ1) is 16.9. The van der Waals surface area contributed by atoms with Crippen molar-refractivity contribution in [1.82, 2.24) is 20.0 Å². The molecular weight excluding hydrogens is 468 g/mol. The Kier molecular flexibility index (Phi) is 6.64. The third-order valence-corrected chi connectivity index (χ3v) is 8.42. The highest BCUT2D eigenvalue weighted by Gasteiger charge is 2.45. The number of piperidine rings is 1. The van der Waals surface area contributed by atoms with E-state index >= 15 is 0 Å². The quantitative estimate of drug-likeness (QED) is 0.656. The first-order valence-electron chi connectivity index (χ1n) is 12.1. The van der Waals surface area contributed by atoms with Crippen LogP contribution in [0.1, 0.15) is 41.1 Å². The average Bonchev–Trinajstić information content (AvgIpc) is 3.67. The van der Waals surface area contributed by atoms with Crippen molar-refractivity contribution >= 4 is 35.0 Å². The van der Waals surface area contributed by atoms with Crippen LogP contribution in [-0.4, -0.2) is 77.6 Å². The number of rotatable bonds is 6. The molecule has 186 valence electrons. The predicted molar refractivity (Wildman–Crippen MR) is 128 cm³/mol. The second-order valence-electron chi connectivity index (χ2n) is 9.81. The summed E-state index contributed by atoms with van der Waals surface area (Å²) in [5.41, 5.74) is 0.0309. The van der Waals surface area contributed by atoms with Crippen LogP contribution in [0.25, 0.3) is 0 Å². The van der Waals surface area contributed by atoms with Gasteiger partial charge < -0.3 is 24.4 Å². The summed E-state index contributed by atoms with van der Waals surface area (Å²) in [6, 6.07) is 7.17. The number of hydrogen-bond acceptors (Lipinski definition) is 6. The van der Waals surface area contributed by atoms with Crippen molar-refractivity contribution < 1.29 is 23.6 Å². The van der Waals surface area contributed by atoms with Gasteiger partial charge in [0.2, 0.25) is 17.7 Å². The summed E-state index contributed by atoms with van der Waals surface area (Å²) >= 11 is 1.63. The largest absolute Gasteiger partial charge is 0.459 e. The molecule has 35 heavy (non-hydrogen) atoms. The molecule has 2 aromatic heterocycles.